The van der Waals surface area contributed by atoms with Gasteiger partial charge in [0.05, 0.1) is 24.1 Å². The molecule has 0 atom stereocenters. The summed E-state index contributed by atoms with van der Waals surface area (Å²) < 4.78 is 36.3. The van der Waals surface area contributed by atoms with E-state index in [2.05, 4.69) is 4.74 Å². The molecule has 0 saturated heterocycles. The summed E-state index contributed by atoms with van der Waals surface area (Å²) in [5, 5.41) is 0. The molecule has 0 unspecified atom stereocenters. The summed E-state index contributed by atoms with van der Waals surface area (Å²) in [6, 6.07) is 5.18. The minimum atomic E-state index is -4.14. The first-order valence-electron chi connectivity index (χ1n) is 7.97. The monoisotopic (exact) mass is 386 g/mol. The molecule has 0 radical (unpaired) electrons. The van der Waals surface area contributed by atoms with Crippen molar-refractivity contribution in [1.29, 1.82) is 0 Å². The first-order valence-corrected chi connectivity index (χ1v) is 9.41. The Labute approximate surface area is 154 Å². The fourth-order valence-corrected chi connectivity index (χ4v) is 3.21. The van der Waals surface area contributed by atoms with E-state index in [9.17, 15) is 18.0 Å². The number of nitrogens with zero attached hydrogens (tertiary/aromatic N) is 2. The van der Waals surface area contributed by atoms with Crippen molar-refractivity contribution in [3.63, 3.8) is 0 Å². The van der Waals surface area contributed by atoms with Gasteiger partial charge in [0.1, 0.15) is 5.60 Å². The second-order valence-corrected chi connectivity index (χ2v) is 8.74. The maximum absolute atomic E-state index is 12.9. The highest BCUT2D eigenvalue weighted by atomic mass is 32.2. The third kappa shape index (κ3) is 5.99. The van der Waals surface area contributed by atoms with E-state index < -0.39 is 27.7 Å². The van der Waals surface area contributed by atoms with E-state index in [0.717, 1.165) is 0 Å². The van der Waals surface area contributed by atoms with Crippen molar-refractivity contribution in [3.05, 3.63) is 29.8 Å². The van der Waals surface area contributed by atoms with Crippen LogP contribution in [0.5, 0.6) is 0 Å². The van der Waals surface area contributed by atoms with E-state index in [1.54, 1.807) is 39.8 Å². The summed E-state index contributed by atoms with van der Waals surface area (Å²) in [6.07, 6.45) is -0.948. The molecule has 0 saturated carbocycles. The zero-order valence-electron chi connectivity index (χ0n) is 16.0. The quantitative estimate of drug-likeness (QED) is 0.690. The highest BCUT2D eigenvalue weighted by Gasteiger charge is 2.33. The smallest absolute Gasteiger partial charge is 0.424 e. The van der Waals surface area contributed by atoms with E-state index in [1.807, 2.05) is 0 Å². The van der Waals surface area contributed by atoms with Crippen LogP contribution in [0.4, 0.5) is 4.79 Å². The molecule has 0 aromatic heterocycles. The molecule has 1 aromatic rings. The Balaban J connectivity index is 3.20. The maximum atomic E-state index is 12.9. The van der Waals surface area contributed by atoms with Crippen LogP contribution in [-0.2, 0) is 19.5 Å². The minimum Gasteiger partial charge on any atom is -0.465 e. The number of ether oxygens (including phenoxy) is 2. The Morgan fingerprint density at radius 2 is 1.58 bits per heavy atom. The van der Waals surface area contributed by atoms with Gasteiger partial charge >= 0.3 is 12.1 Å². The Bertz CT molecular complexity index is 736. The lowest BCUT2D eigenvalue weighted by atomic mass is 10.2. The molecule has 0 bridgehead atoms. The third-order valence-corrected chi connectivity index (χ3v) is 4.99. The number of esters is 1. The number of benzene rings is 1. The molecule has 0 aliphatic carbocycles. The average molecular weight is 386 g/mol. The molecule has 0 N–H and O–H groups in total. The summed E-state index contributed by atoms with van der Waals surface area (Å²) in [7, 11) is 0.635. The molecule has 0 heterocycles. The van der Waals surface area contributed by atoms with Gasteiger partial charge in [-0.1, -0.05) is 0 Å². The number of carbonyl (C=O) groups is 2. The Kier molecular flexibility index (Phi) is 7.16. The van der Waals surface area contributed by atoms with Crippen molar-refractivity contribution in [3.8, 4) is 0 Å². The van der Waals surface area contributed by atoms with Gasteiger partial charge in [-0.25, -0.2) is 18.0 Å². The fourth-order valence-electron chi connectivity index (χ4n) is 1.92. The van der Waals surface area contributed by atoms with Gasteiger partial charge < -0.3 is 14.4 Å². The van der Waals surface area contributed by atoms with Gasteiger partial charge in [-0.3, -0.25) is 0 Å². The van der Waals surface area contributed by atoms with Gasteiger partial charge in [0.2, 0.25) is 0 Å². The van der Waals surface area contributed by atoms with Crippen molar-refractivity contribution in [1.82, 2.24) is 9.21 Å². The molecular formula is C17H26N2O6S. The molecule has 1 aromatic carbocycles. The lowest BCUT2D eigenvalue weighted by Gasteiger charge is -2.27. The van der Waals surface area contributed by atoms with Crippen LogP contribution in [0.25, 0.3) is 0 Å². The number of rotatable bonds is 6. The van der Waals surface area contributed by atoms with Gasteiger partial charge in [0.25, 0.3) is 10.0 Å². The standard InChI is InChI=1S/C17H26N2O6S/c1-17(2,3)25-16(21)19(12-11-18(4)5)26(22,23)14-9-7-13(8-10-14)15(20)24-6/h7-10H,11-12H2,1-6H3. The lowest BCUT2D eigenvalue weighted by molar-refractivity contribution is 0.0384. The van der Waals surface area contributed by atoms with Crippen molar-refractivity contribution in [2.45, 2.75) is 31.3 Å². The van der Waals surface area contributed by atoms with Gasteiger partial charge in [-0.05, 0) is 59.1 Å². The van der Waals surface area contributed by atoms with Crippen LogP contribution < -0.4 is 0 Å². The molecule has 9 heteroatoms. The summed E-state index contributed by atoms with van der Waals surface area (Å²) in [6.45, 7) is 5.24. The Morgan fingerprint density at radius 3 is 2.00 bits per heavy atom. The molecule has 26 heavy (non-hydrogen) atoms. The molecular weight excluding hydrogens is 360 g/mol. The topological polar surface area (TPSA) is 93.2 Å². The highest BCUT2D eigenvalue weighted by molar-refractivity contribution is 7.89. The molecule has 0 aliphatic heterocycles. The van der Waals surface area contributed by atoms with E-state index in [4.69, 9.17) is 4.74 Å². The third-order valence-electron chi connectivity index (χ3n) is 3.21. The SMILES string of the molecule is COC(=O)c1ccc(S(=O)(=O)N(CCN(C)C)C(=O)OC(C)(C)C)cc1. The number of methoxy groups -OCH3 is 1. The molecule has 0 fully saturated rings. The van der Waals surface area contributed by atoms with Gasteiger partial charge in [-0.2, -0.15) is 4.31 Å². The second-order valence-electron chi connectivity index (χ2n) is 6.88. The van der Waals surface area contributed by atoms with Crippen molar-refractivity contribution < 1.29 is 27.5 Å². The van der Waals surface area contributed by atoms with Crippen molar-refractivity contribution in [2.24, 2.45) is 0 Å². The number of carbonyl (C=O) groups excluding carboxylic acids is 2. The van der Waals surface area contributed by atoms with Gasteiger partial charge in [0, 0.05) is 6.54 Å². The van der Waals surface area contributed by atoms with Crippen LogP contribution in [0.2, 0.25) is 0 Å². The van der Waals surface area contributed by atoms with Gasteiger partial charge in [0.15, 0.2) is 0 Å². The van der Waals surface area contributed by atoms with Crippen molar-refractivity contribution >= 4 is 22.1 Å². The molecule has 0 spiro atoms. The minimum absolute atomic E-state index is 0.0665. The van der Waals surface area contributed by atoms with Crippen LogP contribution >= 0.6 is 0 Å². The first-order chi connectivity index (χ1) is 11.9. The number of amides is 1. The number of hydrogen-bond acceptors (Lipinski definition) is 7. The lowest BCUT2D eigenvalue weighted by Crippen LogP contribution is -2.43. The van der Waals surface area contributed by atoms with Crippen LogP contribution in [0.3, 0.4) is 0 Å². The summed E-state index contributed by atoms with van der Waals surface area (Å²) in [5.74, 6) is -0.578. The molecule has 0 aliphatic rings. The van der Waals surface area contributed by atoms with Gasteiger partial charge in [-0.15, -0.1) is 0 Å². The number of hydrogen-bond donors (Lipinski definition) is 0. The zero-order valence-corrected chi connectivity index (χ0v) is 16.8. The predicted molar refractivity (Wildman–Crippen MR) is 96.5 cm³/mol. The fraction of sp³-hybridized carbons (Fsp3) is 0.529. The van der Waals surface area contributed by atoms with Crippen LogP contribution in [-0.4, -0.2) is 69.6 Å². The molecule has 146 valence electrons. The second kappa shape index (κ2) is 8.50. The Hall–Kier alpha value is -2.13. The van der Waals surface area contributed by atoms with Crippen LogP contribution in [0.1, 0.15) is 31.1 Å². The Morgan fingerprint density at radius 1 is 1.04 bits per heavy atom. The van der Waals surface area contributed by atoms with Crippen molar-refractivity contribution in [2.75, 3.05) is 34.3 Å². The number of likely N-dealkylation sites (N-methyl/N-ethyl adjacent to an activating group) is 1. The molecule has 8 nitrogen and oxygen atoms in total. The van der Waals surface area contributed by atoms with E-state index in [0.29, 0.717) is 10.8 Å². The molecule has 1 amide bonds. The summed E-state index contributed by atoms with van der Waals surface area (Å²) >= 11 is 0. The zero-order chi connectivity index (χ0) is 20.1. The van der Waals surface area contributed by atoms with E-state index in [1.165, 1.54) is 31.4 Å². The summed E-state index contributed by atoms with van der Waals surface area (Å²) in [5.41, 5.74) is -0.624. The average Bonchev–Trinajstić information content (AvgIpc) is 2.52. The predicted octanol–water partition coefficient (Wildman–Crippen LogP) is 1.96. The maximum Gasteiger partial charge on any atom is 0.424 e. The van der Waals surface area contributed by atoms with E-state index in [-0.39, 0.29) is 17.0 Å². The van der Waals surface area contributed by atoms with Crippen LogP contribution in [0, 0.1) is 0 Å². The van der Waals surface area contributed by atoms with Crippen LogP contribution in [0.15, 0.2) is 29.2 Å². The molecule has 1 rings (SSSR count). The highest BCUT2D eigenvalue weighted by Crippen LogP contribution is 2.20. The largest absolute Gasteiger partial charge is 0.465 e. The first kappa shape index (κ1) is 21.9. The number of sulfonamides is 1. The van der Waals surface area contributed by atoms with E-state index >= 15 is 0 Å². The normalized spacial score (nSPS) is 12.0. The summed E-state index contributed by atoms with van der Waals surface area (Å²) in [4.78, 5) is 25.6.